The summed E-state index contributed by atoms with van der Waals surface area (Å²) in [5, 5.41) is 0. The molecule has 1 heterocycles. The topological polar surface area (TPSA) is 20.3 Å². The molecular weight excluding hydrogens is 198 g/mol. The van der Waals surface area contributed by atoms with Crippen molar-refractivity contribution in [3.63, 3.8) is 0 Å². The van der Waals surface area contributed by atoms with Gasteiger partial charge in [0.25, 0.3) is 0 Å². The molecule has 2 saturated carbocycles. The molecule has 0 aromatic heterocycles. The number of nitrogens with zero attached hydrogens (tertiary/aromatic N) is 1. The van der Waals surface area contributed by atoms with E-state index < -0.39 is 0 Å². The van der Waals surface area contributed by atoms with Crippen LogP contribution in [0.25, 0.3) is 0 Å². The Kier molecular flexibility index (Phi) is 3.01. The van der Waals surface area contributed by atoms with Crippen molar-refractivity contribution in [3.05, 3.63) is 0 Å². The Morgan fingerprint density at radius 3 is 2.50 bits per heavy atom. The maximum atomic E-state index is 11.4. The van der Waals surface area contributed by atoms with E-state index in [2.05, 4.69) is 4.90 Å². The molecule has 2 unspecified atom stereocenters. The van der Waals surface area contributed by atoms with Crippen LogP contribution in [0.3, 0.4) is 0 Å². The minimum atomic E-state index is 0.502. The molecule has 3 rings (SSSR count). The SMILES string of the molecule is O=C1CCC(N2CCCC2C2CCCC2)C1. The molecule has 0 amide bonds. The van der Waals surface area contributed by atoms with Gasteiger partial charge in [0.2, 0.25) is 0 Å². The van der Waals surface area contributed by atoms with E-state index >= 15 is 0 Å². The zero-order valence-electron chi connectivity index (χ0n) is 10.2. The second-order valence-corrected chi connectivity index (χ2v) is 5.93. The molecule has 0 bridgehead atoms. The highest BCUT2D eigenvalue weighted by atomic mass is 16.1. The van der Waals surface area contributed by atoms with Crippen molar-refractivity contribution in [2.45, 2.75) is 69.9 Å². The minimum absolute atomic E-state index is 0.502. The monoisotopic (exact) mass is 221 g/mol. The van der Waals surface area contributed by atoms with E-state index in [0.29, 0.717) is 11.8 Å². The highest BCUT2D eigenvalue weighted by Crippen LogP contribution is 2.38. The first-order valence-corrected chi connectivity index (χ1v) is 7.12. The van der Waals surface area contributed by atoms with Crippen LogP contribution in [0.5, 0.6) is 0 Å². The fourth-order valence-electron chi connectivity index (χ4n) is 4.19. The van der Waals surface area contributed by atoms with Gasteiger partial charge in [-0.3, -0.25) is 9.69 Å². The van der Waals surface area contributed by atoms with Crippen LogP contribution in [0.4, 0.5) is 0 Å². The first-order valence-electron chi connectivity index (χ1n) is 7.12. The quantitative estimate of drug-likeness (QED) is 0.714. The Labute approximate surface area is 98.4 Å². The molecule has 0 spiro atoms. The van der Waals surface area contributed by atoms with Crippen LogP contribution in [0.15, 0.2) is 0 Å². The van der Waals surface area contributed by atoms with Crippen LogP contribution in [-0.2, 0) is 4.79 Å². The van der Waals surface area contributed by atoms with Crippen LogP contribution in [0.2, 0.25) is 0 Å². The number of hydrogen-bond acceptors (Lipinski definition) is 2. The molecular formula is C14H23NO. The van der Waals surface area contributed by atoms with Gasteiger partial charge in [0.1, 0.15) is 5.78 Å². The normalized spacial score (nSPS) is 37.6. The molecule has 0 aromatic carbocycles. The van der Waals surface area contributed by atoms with Crippen LogP contribution in [0.1, 0.15) is 57.8 Å². The van der Waals surface area contributed by atoms with Crippen molar-refractivity contribution < 1.29 is 4.79 Å². The smallest absolute Gasteiger partial charge is 0.134 e. The van der Waals surface area contributed by atoms with Crippen molar-refractivity contribution in [2.75, 3.05) is 6.54 Å². The second kappa shape index (κ2) is 4.48. The Morgan fingerprint density at radius 2 is 1.81 bits per heavy atom. The van der Waals surface area contributed by atoms with Gasteiger partial charge in [0.15, 0.2) is 0 Å². The number of Topliss-reactive ketones (excluding diaryl/α,β-unsaturated/α-hetero) is 1. The van der Waals surface area contributed by atoms with Crippen LogP contribution in [0, 0.1) is 5.92 Å². The van der Waals surface area contributed by atoms with Crippen LogP contribution >= 0.6 is 0 Å². The summed E-state index contributed by atoms with van der Waals surface area (Å²) in [7, 11) is 0. The van der Waals surface area contributed by atoms with Gasteiger partial charge in [0, 0.05) is 24.9 Å². The van der Waals surface area contributed by atoms with E-state index in [1.54, 1.807) is 0 Å². The maximum Gasteiger partial charge on any atom is 0.134 e. The predicted octanol–water partition coefficient (Wildman–Crippen LogP) is 2.76. The average molecular weight is 221 g/mol. The first-order chi connectivity index (χ1) is 7.84. The summed E-state index contributed by atoms with van der Waals surface area (Å²) in [5.41, 5.74) is 0. The lowest BCUT2D eigenvalue weighted by Gasteiger charge is -2.33. The largest absolute Gasteiger partial charge is 0.300 e. The van der Waals surface area contributed by atoms with Crippen LogP contribution in [-0.4, -0.2) is 29.3 Å². The number of hydrogen-bond donors (Lipinski definition) is 0. The van der Waals surface area contributed by atoms with E-state index in [9.17, 15) is 4.79 Å². The fourth-order valence-corrected chi connectivity index (χ4v) is 4.19. The third kappa shape index (κ3) is 1.92. The molecule has 2 nitrogen and oxygen atoms in total. The molecule has 3 aliphatic rings. The highest BCUT2D eigenvalue weighted by molar-refractivity contribution is 5.81. The van der Waals surface area contributed by atoms with Gasteiger partial charge in [0.05, 0.1) is 0 Å². The standard InChI is InChI=1S/C14H23NO/c16-13-8-7-12(10-13)15-9-3-6-14(15)11-4-1-2-5-11/h11-12,14H,1-10H2. The maximum absolute atomic E-state index is 11.4. The lowest BCUT2D eigenvalue weighted by Crippen LogP contribution is -2.41. The highest BCUT2D eigenvalue weighted by Gasteiger charge is 2.38. The summed E-state index contributed by atoms with van der Waals surface area (Å²) in [6, 6.07) is 1.44. The van der Waals surface area contributed by atoms with E-state index in [1.165, 1.54) is 45.1 Å². The van der Waals surface area contributed by atoms with Crippen LogP contribution < -0.4 is 0 Å². The Hall–Kier alpha value is -0.370. The molecule has 90 valence electrons. The number of ketones is 1. The molecule has 2 atom stereocenters. The van der Waals surface area contributed by atoms with Gasteiger partial charge in [-0.25, -0.2) is 0 Å². The molecule has 1 saturated heterocycles. The van der Waals surface area contributed by atoms with Crippen molar-refractivity contribution in [1.29, 1.82) is 0 Å². The zero-order chi connectivity index (χ0) is 11.0. The molecule has 1 aliphatic heterocycles. The van der Waals surface area contributed by atoms with Gasteiger partial charge in [-0.1, -0.05) is 12.8 Å². The lowest BCUT2D eigenvalue weighted by atomic mass is 9.95. The summed E-state index contributed by atoms with van der Waals surface area (Å²) < 4.78 is 0. The van der Waals surface area contributed by atoms with E-state index in [-0.39, 0.29) is 0 Å². The molecule has 0 aromatic rings. The first kappa shape index (κ1) is 10.8. The number of carbonyl (C=O) groups excluding carboxylic acids is 1. The van der Waals surface area contributed by atoms with Crippen molar-refractivity contribution in [2.24, 2.45) is 5.92 Å². The van der Waals surface area contributed by atoms with E-state index in [4.69, 9.17) is 0 Å². The predicted molar refractivity (Wildman–Crippen MR) is 64.3 cm³/mol. The fraction of sp³-hybridized carbons (Fsp3) is 0.929. The van der Waals surface area contributed by atoms with Crippen molar-refractivity contribution >= 4 is 5.78 Å². The Bertz CT molecular complexity index is 270. The Balaban J connectivity index is 1.66. The molecule has 0 N–H and O–H groups in total. The van der Waals surface area contributed by atoms with Gasteiger partial charge >= 0.3 is 0 Å². The summed E-state index contributed by atoms with van der Waals surface area (Å²) in [6.45, 7) is 1.26. The van der Waals surface area contributed by atoms with Crippen molar-refractivity contribution in [1.82, 2.24) is 4.90 Å². The van der Waals surface area contributed by atoms with Crippen molar-refractivity contribution in [3.8, 4) is 0 Å². The third-order valence-electron chi connectivity index (χ3n) is 4.97. The van der Waals surface area contributed by atoms with Gasteiger partial charge in [-0.15, -0.1) is 0 Å². The molecule has 2 aliphatic carbocycles. The zero-order valence-corrected chi connectivity index (χ0v) is 10.2. The molecule has 2 heteroatoms. The second-order valence-electron chi connectivity index (χ2n) is 5.93. The summed E-state index contributed by atoms with van der Waals surface area (Å²) in [5.74, 6) is 1.46. The summed E-state index contributed by atoms with van der Waals surface area (Å²) >= 11 is 0. The van der Waals surface area contributed by atoms with E-state index in [1.807, 2.05) is 0 Å². The van der Waals surface area contributed by atoms with Gasteiger partial charge in [-0.05, 0) is 44.6 Å². The van der Waals surface area contributed by atoms with Gasteiger partial charge < -0.3 is 0 Å². The van der Waals surface area contributed by atoms with Gasteiger partial charge in [-0.2, -0.15) is 0 Å². The summed E-state index contributed by atoms with van der Waals surface area (Å²) in [4.78, 5) is 14.1. The average Bonchev–Trinajstić information content (AvgIpc) is 2.96. The Morgan fingerprint density at radius 1 is 1.00 bits per heavy atom. The number of likely N-dealkylation sites (tertiary alicyclic amines) is 1. The molecule has 16 heavy (non-hydrogen) atoms. The third-order valence-corrected chi connectivity index (χ3v) is 4.97. The van der Waals surface area contributed by atoms with E-state index in [0.717, 1.165) is 31.2 Å². The molecule has 0 radical (unpaired) electrons. The number of carbonyl (C=O) groups is 1. The molecule has 3 fully saturated rings. The minimum Gasteiger partial charge on any atom is -0.300 e. The number of rotatable bonds is 2. The summed E-state index contributed by atoms with van der Waals surface area (Å²) in [6.07, 6.45) is 11.4. The lowest BCUT2D eigenvalue weighted by molar-refractivity contribution is -0.117.